The molecule has 4 heteroatoms. The summed E-state index contributed by atoms with van der Waals surface area (Å²) in [5.74, 6) is 0. The summed E-state index contributed by atoms with van der Waals surface area (Å²) in [5, 5.41) is 18.8. The smallest absolute Gasteiger partial charge is 0.0805 e. The van der Waals surface area contributed by atoms with Gasteiger partial charge in [0.1, 0.15) is 0 Å². The van der Waals surface area contributed by atoms with Crippen LogP contribution in [-0.2, 0) is 0 Å². The molecule has 1 aromatic carbocycles. The van der Waals surface area contributed by atoms with Gasteiger partial charge in [-0.3, -0.25) is 5.10 Å². The standard InChI is InChI=1S/C18H27N3O/c1-3-15-6-4-5-8-21(15)9-7-18(22)16-11-14-12-19-20-17(14)10-13(16)2/h10-12,15,18,22H,3-9H2,1-2H3,(H,19,20). The van der Waals surface area contributed by atoms with Crippen molar-refractivity contribution in [2.75, 3.05) is 13.1 Å². The molecule has 2 N–H and O–H groups in total. The van der Waals surface area contributed by atoms with Gasteiger partial charge in [-0.25, -0.2) is 0 Å². The molecule has 1 fully saturated rings. The van der Waals surface area contributed by atoms with E-state index in [2.05, 4.69) is 41.1 Å². The molecule has 1 aliphatic heterocycles. The molecule has 3 rings (SSSR count). The van der Waals surface area contributed by atoms with Crippen molar-refractivity contribution in [3.05, 3.63) is 29.5 Å². The van der Waals surface area contributed by atoms with Crippen LogP contribution in [0.2, 0.25) is 0 Å². The molecule has 0 radical (unpaired) electrons. The number of likely N-dealkylation sites (tertiary alicyclic amines) is 1. The van der Waals surface area contributed by atoms with Crippen LogP contribution in [0.1, 0.15) is 56.3 Å². The summed E-state index contributed by atoms with van der Waals surface area (Å²) in [4.78, 5) is 2.57. The Hall–Kier alpha value is -1.39. The van der Waals surface area contributed by atoms with E-state index in [9.17, 15) is 5.11 Å². The minimum absolute atomic E-state index is 0.390. The van der Waals surface area contributed by atoms with Crippen LogP contribution in [0.5, 0.6) is 0 Å². The molecule has 22 heavy (non-hydrogen) atoms. The summed E-state index contributed by atoms with van der Waals surface area (Å²) >= 11 is 0. The highest BCUT2D eigenvalue weighted by Crippen LogP contribution is 2.27. The zero-order valence-corrected chi connectivity index (χ0v) is 13.7. The van der Waals surface area contributed by atoms with E-state index in [4.69, 9.17) is 0 Å². The fourth-order valence-electron chi connectivity index (χ4n) is 3.74. The molecular formula is C18H27N3O. The Bertz CT molecular complexity index is 622. The average molecular weight is 301 g/mol. The summed E-state index contributed by atoms with van der Waals surface area (Å²) in [6, 6.07) is 4.86. The van der Waals surface area contributed by atoms with Crippen molar-refractivity contribution < 1.29 is 5.11 Å². The molecule has 2 aromatic rings. The SMILES string of the molecule is CCC1CCCCN1CCC(O)c1cc2cn[nH]c2cc1C. The lowest BCUT2D eigenvalue weighted by Gasteiger charge is -2.35. The minimum Gasteiger partial charge on any atom is -0.388 e. The monoisotopic (exact) mass is 301 g/mol. The van der Waals surface area contributed by atoms with Gasteiger partial charge in [0.25, 0.3) is 0 Å². The highest BCUT2D eigenvalue weighted by Gasteiger charge is 2.22. The lowest BCUT2D eigenvalue weighted by Crippen LogP contribution is -2.40. The molecule has 0 aliphatic carbocycles. The summed E-state index contributed by atoms with van der Waals surface area (Å²) in [6.45, 7) is 6.51. The Morgan fingerprint density at radius 3 is 3.09 bits per heavy atom. The molecule has 2 atom stereocenters. The number of rotatable bonds is 5. The van der Waals surface area contributed by atoms with Gasteiger partial charge in [-0.05, 0) is 62.4 Å². The molecular weight excluding hydrogens is 274 g/mol. The number of piperidine rings is 1. The van der Waals surface area contributed by atoms with Crippen LogP contribution in [0.15, 0.2) is 18.3 Å². The molecule has 1 saturated heterocycles. The average Bonchev–Trinajstić information content (AvgIpc) is 2.99. The van der Waals surface area contributed by atoms with E-state index in [1.165, 1.54) is 32.2 Å². The van der Waals surface area contributed by atoms with Crippen LogP contribution in [0.25, 0.3) is 10.9 Å². The maximum atomic E-state index is 10.6. The number of benzene rings is 1. The second kappa shape index (κ2) is 6.80. The Balaban J connectivity index is 1.67. The largest absolute Gasteiger partial charge is 0.388 e. The van der Waals surface area contributed by atoms with Crippen molar-refractivity contribution in [2.24, 2.45) is 0 Å². The molecule has 120 valence electrons. The van der Waals surface area contributed by atoms with E-state index in [0.717, 1.165) is 35.0 Å². The molecule has 0 spiro atoms. The van der Waals surface area contributed by atoms with Crippen molar-refractivity contribution in [1.82, 2.24) is 15.1 Å². The van der Waals surface area contributed by atoms with Crippen LogP contribution in [0, 0.1) is 6.92 Å². The first kappa shape index (κ1) is 15.5. The normalized spacial score (nSPS) is 21.3. The van der Waals surface area contributed by atoms with Gasteiger partial charge in [0, 0.05) is 18.0 Å². The van der Waals surface area contributed by atoms with Crippen molar-refractivity contribution in [2.45, 2.75) is 58.1 Å². The van der Waals surface area contributed by atoms with Gasteiger partial charge in [-0.15, -0.1) is 0 Å². The van der Waals surface area contributed by atoms with Gasteiger partial charge >= 0.3 is 0 Å². The first-order valence-corrected chi connectivity index (χ1v) is 8.54. The van der Waals surface area contributed by atoms with Crippen LogP contribution in [-0.4, -0.2) is 39.3 Å². The number of aliphatic hydroxyl groups is 1. The topological polar surface area (TPSA) is 52.1 Å². The number of aryl methyl sites for hydroxylation is 1. The zero-order valence-electron chi connectivity index (χ0n) is 13.7. The van der Waals surface area contributed by atoms with Gasteiger partial charge in [-0.1, -0.05) is 13.3 Å². The number of nitrogens with one attached hydrogen (secondary N) is 1. The number of H-pyrrole nitrogens is 1. The number of nitrogens with zero attached hydrogens (tertiary/aromatic N) is 2. The number of aromatic nitrogens is 2. The summed E-state index contributed by atoms with van der Waals surface area (Å²) in [7, 11) is 0. The predicted molar refractivity (Wildman–Crippen MR) is 89.9 cm³/mol. The summed E-state index contributed by atoms with van der Waals surface area (Å²) in [5.41, 5.74) is 3.21. The first-order valence-electron chi connectivity index (χ1n) is 8.54. The third-order valence-electron chi connectivity index (χ3n) is 5.10. The Kier molecular flexibility index (Phi) is 4.79. The van der Waals surface area contributed by atoms with Crippen molar-refractivity contribution >= 4 is 10.9 Å². The number of fused-ring (bicyclic) bond motifs is 1. The number of aliphatic hydroxyl groups excluding tert-OH is 1. The van der Waals surface area contributed by atoms with E-state index < -0.39 is 6.10 Å². The van der Waals surface area contributed by atoms with E-state index >= 15 is 0 Å². The lowest BCUT2D eigenvalue weighted by molar-refractivity contribution is 0.101. The molecule has 0 bridgehead atoms. The second-order valence-corrected chi connectivity index (χ2v) is 6.56. The Morgan fingerprint density at radius 2 is 2.27 bits per heavy atom. The first-order chi connectivity index (χ1) is 10.7. The van der Waals surface area contributed by atoms with Gasteiger partial charge in [0.2, 0.25) is 0 Å². The quantitative estimate of drug-likeness (QED) is 0.888. The van der Waals surface area contributed by atoms with Crippen molar-refractivity contribution in [1.29, 1.82) is 0 Å². The van der Waals surface area contributed by atoms with Gasteiger partial charge in [0.15, 0.2) is 0 Å². The third kappa shape index (κ3) is 3.18. The number of aromatic amines is 1. The maximum Gasteiger partial charge on any atom is 0.0805 e. The number of hydrogen-bond acceptors (Lipinski definition) is 3. The summed E-state index contributed by atoms with van der Waals surface area (Å²) < 4.78 is 0. The van der Waals surface area contributed by atoms with Crippen LogP contribution in [0.4, 0.5) is 0 Å². The van der Waals surface area contributed by atoms with Crippen LogP contribution < -0.4 is 0 Å². The van der Waals surface area contributed by atoms with E-state index in [-0.39, 0.29) is 0 Å². The van der Waals surface area contributed by atoms with E-state index in [0.29, 0.717) is 6.04 Å². The molecule has 2 unspecified atom stereocenters. The fourth-order valence-corrected chi connectivity index (χ4v) is 3.74. The highest BCUT2D eigenvalue weighted by atomic mass is 16.3. The lowest BCUT2D eigenvalue weighted by atomic mass is 9.97. The predicted octanol–water partition coefficient (Wildman–Crippen LogP) is 3.56. The van der Waals surface area contributed by atoms with E-state index in [1.807, 2.05) is 6.20 Å². The molecule has 0 saturated carbocycles. The Morgan fingerprint density at radius 1 is 1.41 bits per heavy atom. The maximum absolute atomic E-state index is 10.6. The minimum atomic E-state index is -0.390. The third-order valence-corrected chi connectivity index (χ3v) is 5.10. The molecule has 4 nitrogen and oxygen atoms in total. The van der Waals surface area contributed by atoms with E-state index in [1.54, 1.807) is 0 Å². The Labute approximate surface area is 132 Å². The molecule has 2 heterocycles. The van der Waals surface area contributed by atoms with Crippen molar-refractivity contribution in [3.8, 4) is 0 Å². The fraction of sp³-hybridized carbons (Fsp3) is 0.611. The summed E-state index contributed by atoms with van der Waals surface area (Å²) in [6.07, 6.45) is 7.42. The highest BCUT2D eigenvalue weighted by molar-refractivity contribution is 5.79. The molecule has 0 amide bonds. The van der Waals surface area contributed by atoms with Gasteiger partial charge in [0.05, 0.1) is 17.8 Å². The molecule has 1 aromatic heterocycles. The van der Waals surface area contributed by atoms with Crippen molar-refractivity contribution in [3.63, 3.8) is 0 Å². The zero-order chi connectivity index (χ0) is 15.5. The number of hydrogen-bond donors (Lipinski definition) is 2. The van der Waals surface area contributed by atoms with Crippen LogP contribution >= 0.6 is 0 Å². The van der Waals surface area contributed by atoms with Gasteiger partial charge < -0.3 is 10.0 Å². The second-order valence-electron chi connectivity index (χ2n) is 6.56. The van der Waals surface area contributed by atoms with Crippen LogP contribution in [0.3, 0.4) is 0 Å². The van der Waals surface area contributed by atoms with Gasteiger partial charge in [-0.2, -0.15) is 5.10 Å². The molecule has 1 aliphatic rings.